The van der Waals surface area contributed by atoms with Crippen molar-refractivity contribution in [2.75, 3.05) is 27.8 Å². The molecule has 1 rings (SSSR count). The van der Waals surface area contributed by atoms with Crippen molar-refractivity contribution >= 4 is 0 Å². The SMILES string of the molecule is COCOc1cc(OCOC)c(C)c(OC(C)C)c1. The van der Waals surface area contributed by atoms with Crippen molar-refractivity contribution in [2.45, 2.75) is 26.9 Å². The molecule has 0 radical (unpaired) electrons. The number of hydrogen-bond acceptors (Lipinski definition) is 5. The number of benzene rings is 1. The van der Waals surface area contributed by atoms with Gasteiger partial charge in [0.25, 0.3) is 0 Å². The summed E-state index contributed by atoms with van der Waals surface area (Å²) in [6.07, 6.45) is 0.0756. The molecule has 0 N–H and O–H groups in total. The second-order valence-electron chi connectivity index (χ2n) is 4.31. The molecule has 0 aliphatic carbocycles. The van der Waals surface area contributed by atoms with E-state index >= 15 is 0 Å². The summed E-state index contributed by atoms with van der Waals surface area (Å²) in [6, 6.07) is 3.62. The molecule has 5 heteroatoms. The number of methoxy groups -OCH3 is 2. The maximum absolute atomic E-state index is 5.74. The standard InChI is InChI=1S/C14H22O5/c1-10(2)19-14-7-12(17-8-15-4)6-13(11(14)3)18-9-16-5/h6-7,10H,8-9H2,1-5H3. The maximum Gasteiger partial charge on any atom is 0.188 e. The van der Waals surface area contributed by atoms with E-state index in [1.54, 1.807) is 20.3 Å². The van der Waals surface area contributed by atoms with Gasteiger partial charge in [0.1, 0.15) is 17.2 Å². The summed E-state index contributed by atoms with van der Waals surface area (Å²) >= 11 is 0. The van der Waals surface area contributed by atoms with Crippen molar-refractivity contribution in [2.24, 2.45) is 0 Å². The average Bonchev–Trinajstić information content (AvgIpc) is 2.37. The summed E-state index contributed by atoms with van der Waals surface area (Å²) in [4.78, 5) is 0. The van der Waals surface area contributed by atoms with Crippen LogP contribution in [0.2, 0.25) is 0 Å². The van der Waals surface area contributed by atoms with Crippen molar-refractivity contribution in [1.82, 2.24) is 0 Å². The minimum absolute atomic E-state index is 0.0756. The van der Waals surface area contributed by atoms with Gasteiger partial charge in [0.2, 0.25) is 0 Å². The van der Waals surface area contributed by atoms with E-state index in [0.29, 0.717) is 11.5 Å². The molecule has 19 heavy (non-hydrogen) atoms. The molecule has 0 unspecified atom stereocenters. The van der Waals surface area contributed by atoms with Gasteiger partial charge in [0.05, 0.1) is 6.10 Å². The van der Waals surface area contributed by atoms with Crippen LogP contribution in [0.4, 0.5) is 0 Å². The van der Waals surface area contributed by atoms with Crippen LogP contribution in [-0.4, -0.2) is 33.9 Å². The van der Waals surface area contributed by atoms with E-state index in [0.717, 1.165) is 11.3 Å². The van der Waals surface area contributed by atoms with Crippen LogP contribution in [0.3, 0.4) is 0 Å². The lowest BCUT2D eigenvalue weighted by atomic mass is 10.2. The third-order valence-electron chi connectivity index (χ3n) is 2.32. The number of hydrogen-bond donors (Lipinski definition) is 0. The molecule has 0 aromatic heterocycles. The molecule has 0 heterocycles. The quantitative estimate of drug-likeness (QED) is 0.680. The highest BCUT2D eigenvalue weighted by molar-refractivity contribution is 5.49. The molecule has 0 saturated carbocycles. The van der Waals surface area contributed by atoms with Crippen LogP contribution in [0.25, 0.3) is 0 Å². The van der Waals surface area contributed by atoms with Crippen molar-refractivity contribution in [1.29, 1.82) is 0 Å². The highest BCUT2D eigenvalue weighted by atomic mass is 16.7. The van der Waals surface area contributed by atoms with Crippen LogP contribution >= 0.6 is 0 Å². The molecule has 0 atom stereocenters. The summed E-state index contributed by atoms with van der Waals surface area (Å²) in [5, 5.41) is 0. The van der Waals surface area contributed by atoms with Gasteiger partial charge in [-0.1, -0.05) is 0 Å². The summed E-state index contributed by atoms with van der Waals surface area (Å²) < 4.78 is 26.5. The Kier molecular flexibility index (Phi) is 6.45. The summed E-state index contributed by atoms with van der Waals surface area (Å²) in [5.41, 5.74) is 0.913. The molecule has 5 nitrogen and oxygen atoms in total. The Morgan fingerprint density at radius 2 is 1.53 bits per heavy atom. The van der Waals surface area contributed by atoms with E-state index in [1.165, 1.54) is 0 Å². The lowest BCUT2D eigenvalue weighted by Gasteiger charge is -2.17. The Hall–Kier alpha value is -1.46. The molecule has 0 bridgehead atoms. The van der Waals surface area contributed by atoms with Crippen molar-refractivity contribution in [3.05, 3.63) is 17.7 Å². The molecule has 0 aliphatic rings. The predicted molar refractivity (Wildman–Crippen MR) is 72.0 cm³/mol. The monoisotopic (exact) mass is 270 g/mol. The first-order valence-electron chi connectivity index (χ1n) is 6.13. The lowest BCUT2D eigenvalue weighted by Crippen LogP contribution is -2.09. The Morgan fingerprint density at radius 3 is 2.11 bits per heavy atom. The van der Waals surface area contributed by atoms with Gasteiger partial charge in [-0.3, -0.25) is 0 Å². The fourth-order valence-corrected chi connectivity index (χ4v) is 1.50. The average molecular weight is 270 g/mol. The Bertz CT molecular complexity index is 390. The second-order valence-corrected chi connectivity index (χ2v) is 4.31. The topological polar surface area (TPSA) is 46.2 Å². The van der Waals surface area contributed by atoms with Gasteiger partial charge < -0.3 is 23.7 Å². The first kappa shape index (κ1) is 15.6. The van der Waals surface area contributed by atoms with Crippen LogP contribution in [-0.2, 0) is 9.47 Å². The van der Waals surface area contributed by atoms with Crippen molar-refractivity contribution in [3.63, 3.8) is 0 Å². The van der Waals surface area contributed by atoms with Crippen LogP contribution in [0.15, 0.2) is 12.1 Å². The van der Waals surface area contributed by atoms with E-state index in [9.17, 15) is 0 Å². The predicted octanol–water partition coefficient (Wildman–Crippen LogP) is 2.75. The Morgan fingerprint density at radius 1 is 0.947 bits per heavy atom. The zero-order valence-corrected chi connectivity index (χ0v) is 12.2. The van der Waals surface area contributed by atoms with E-state index in [-0.39, 0.29) is 19.7 Å². The Balaban J connectivity index is 2.99. The van der Waals surface area contributed by atoms with Gasteiger partial charge in [-0.2, -0.15) is 0 Å². The van der Waals surface area contributed by atoms with Gasteiger partial charge in [-0.25, -0.2) is 0 Å². The molecule has 0 fully saturated rings. The minimum atomic E-state index is 0.0756. The van der Waals surface area contributed by atoms with E-state index in [4.69, 9.17) is 23.7 Å². The van der Waals surface area contributed by atoms with Gasteiger partial charge >= 0.3 is 0 Å². The van der Waals surface area contributed by atoms with Gasteiger partial charge in [-0.05, 0) is 20.8 Å². The van der Waals surface area contributed by atoms with Crippen LogP contribution in [0.5, 0.6) is 17.2 Å². The molecule has 0 saturated heterocycles. The van der Waals surface area contributed by atoms with Crippen LogP contribution in [0, 0.1) is 6.92 Å². The molecule has 0 amide bonds. The van der Waals surface area contributed by atoms with Gasteiger partial charge in [-0.15, -0.1) is 0 Å². The highest BCUT2D eigenvalue weighted by Gasteiger charge is 2.12. The van der Waals surface area contributed by atoms with E-state index in [2.05, 4.69) is 0 Å². The third-order valence-corrected chi connectivity index (χ3v) is 2.32. The minimum Gasteiger partial charge on any atom is -0.490 e. The molecule has 1 aromatic carbocycles. The molecule has 0 aliphatic heterocycles. The molecule has 1 aromatic rings. The fraction of sp³-hybridized carbons (Fsp3) is 0.571. The number of rotatable bonds is 8. The fourth-order valence-electron chi connectivity index (χ4n) is 1.50. The zero-order valence-electron chi connectivity index (χ0n) is 12.2. The van der Waals surface area contributed by atoms with Crippen molar-refractivity contribution < 1.29 is 23.7 Å². The third kappa shape index (κ3) is 4.96. The van der Waals surface area contributed by atoms with Crippen LogP contribution < -0.4 is 14.2 Å². The lowest BCUT2D eigenvalue weighted by molar-refractivity contribution is 0.0452. The summed E-state index contributed by atoms with van der Waals surface area (Å²) in [6.45, 7) is 6.22. The zero-order chi connectivity index (χ0) is 14.3. The first-order chi connectivity index (χ1) is 9.08. The number of ether oxygens (including phenoxy) is 5. The van der Waals surface area contributed by atoms with E-state index < -0.39 is 0 Å². The Labute approximate surface area is 114 Å². The molecule has 0 spiro atoms. The highest BCUT2D eigenvalue weighted by Crippen LogP contribution is 2.34. The van der Waals surface area contributed by atoms with E-state index in [1.807, 2.05) is 26.8 Å². The summed E-state index contributed by atoms with van der Waals surface area (Å²) in [7, 11) is 3.15. The second kappa shape index (κ2) is 7.86. The normalized spacial score (nSPS) is 10.6. The van der Waals surface area contributed by atoms with Crippen LogP contribution in [0.1, 0.15) is 19.4 Å². The molecular formula is C14H22O5. The van der Waals surface area contributed by atoms with Gasteiger partial charge in [0.15, 0.2) is 13.6 Å². The van der Waals surface area contributed by atoms with Gasteiger partial charge in [0, 0.05) is 31.9 Å². The molecular weight excluding hydrogens is 248 g/mol. The van der Waals surface area contributed by atoms with Crippen molar-refractivity contribution in [3.8, 4) is 17.2 Å². The summed E-state index contributed by atoms with van der Waals surface area (Å²) in [5.74, 6) is 2.04. The largest absolute Gasteiger partial charge is 0.490 e. The maximum atomic E-state index is 5.74. The molecule has 108 valence electrons. The first-order valence-corrected chi connectivity index (χ1v) is 6.13. The smallest absolute Gasteiger partial charge is 0.188 e.